The van der Waals surface area contributed by atoms with Gasteiger partial charge in [-0.25, -0.2) is 27.6 Å². The van der Waals surface area contributed by atoms with E-state index in [1.807, 2.05) is 32.0 Å². The predicted octanol–water partition coefficient (Wildman–Crippen LogP) is 11.2. The minimum atomic E-state index is -0.602. The molecule has 0 fully saturated rings. The lowest BCUT2D eigenvalue weighted by Gasteiger charge is -2.13. The Morgan fingerprint density at radius 1 is 0.459 bits per heavy atom. The van der Waals surface area contributed by atoms with Crippen molar-refractivity contribution in [1.29, 1.82) is 0 Å². The average Bonchev–Trinajstić information content (AvgIpc) is 3.41. The van der Waals surface area contributed by atoms with Crippen LogP contribution in [0.2, 0.25) is 0 Å². The molecule has 3 heterocycles. The van der Waals surface area contributed by atoms with Crippen LogP contribution < -0.4 is 15.2 Å². The first kappa shape index (κ1) is 52.8. The number of ether oxygens (including phenoxy) is 5. The fraction of sp³-hybridized carbons (Fsp3) is 0.172. The number of pyridine rings is 3. The smallest absolute Gasteiger partial charge is 0.341 e. The van der Waals surface area contributed by atoms with Gasteiger partial charge in [0.1, 0.15) is 50.7 Å². The second-order valence-corrected chi connectivity index (χ2v) is 17.0. The number of phenolic OH excluding ortho intramolecular Hbond substituents is 1. The van der Waals surface area contributed by atoms with Crippen LogP contribution in [0.5, 0.6) is 17.2 Å². The largest absolute Gasteiger partial charge is 0.505 e. The van der Waals surface area contributed by atoms with E-state index in [9.17, 15) is 32.7 Å². The number of nitrogen functional groups attached to an aromatic ring is 1. The van der Waals surface area contributed by atoms with Crippen LogP contribution in [0.15, 0.2) is 128 Å². The zero-order valence-corrected chi connectivity index (χ0v) is 41.5. The Bertz CT molecular complexity index is 3380. The van der Waals surface area contributed by atoms with Gasteiger partial charge in [0.2, 0.25) is 0 Å². The van der Waals surface area contributed by atoms with E-state index in [1.165, 1.54) is 78.0 Å². The molecule has 13 nitrogen and oxygen atoms in total. The van der Waals surface area contributed by atoms with Gasteiger partial charge in [0.05, 0.1) is 35.5 Å². The lowest BCUT2D eigenvalue weighted by atomic mass is 10.00. The summed E-state index contributed by atoms with van der Waals surface area (Å²) in [5, 5.41) is 12.6. The summed E-state index contributed by atoms with van der Waals surface area (Å²) in [7, 11) is 6.86. The van der Waals surface area contributed by atoms with Crippen molar-refractivity contribution in [3.63, 3.8) is 0 Å². The lowest BCUT2D eigenvalue weighted by Crippen LogP contribution is -2.07. The first-order valence-electron chi connectivity index (χ1n) is 22.9. The molecule has 3 N–H and O–H groups in total. The number of benzene rings is 6. The average molecular weight is 1010 g/mol. The molecule has 0 bridgehead atoms. The van der Waals surface area contributed by atoms with Gasteiger partial charge in [-0.05, 0) is 150 Å². The normalized spacial score (nSPS) is 10.7. The van der Waals surface area contributed by atoms with Gasteiger partial charge in [0.25, 0.3) is 0 Å². The fourth-order valence-electron chi connectivity index (χ4n) is 8.31. The molecule has 0 aliphatic rings. The monoisotopic (exact) mass is 1000 g/mol. The Morgan fingerprint density at radius 2 is 0.784 bits per heavy atom. The second-order valence-electron chi connectivity index (χ2n) is 17.0. The summed E-state index contributed by atoms with van der Waals surface area (Å²) in [5.74, 6) is -1.86. The molecule has 16 heteroatoms. The van der Waals surface area contributed by atoms with E-state index < -0.39 is 17.9 Å². The van der Waals surface area contributed by atoms with Crippen LogP contribution >= 0.6 is 0 Å². The highest BCUT2D eigenvalue weighted by molar-refractivity contribution is 6.05. The Hall–Kier alpha value is -9.05. The second kappa shape index (κ2) is 23.5. The van der Waals surface area contributed by atoms with Gasteiger partial charge >= 0.3 is 17.9 Å². The summed E-state index contributed by atoms with van der Waals surface area (Å²) >= 11 is 0. The van der Waals surface area contributed by atoms with Crippen molar-refractivity contribution in [2.24, 2.45) is 0 Å². The van der Waals surface area contributed by atoms with Gasteiger partial charge < -0.3 is 34.5 Å². The molecule has 0 saturated carbocycles. The number of hydrogen-bond donors (Lipinski definition) is 2. The topological polar surface area (TPSA) is 182 Å². The number of carbonyl (C=O) groups is 3. The van der Waals surface area contributed by atoms with Crippen LogP contribution in [0.4, 0.5) is 18.9 Å². The van der Waals surface area contributed by atoms with Crippen molar-refractivity contribution in [3.05, 3.63) is 206 Å². The third-order valence-electron chi connectivity index (χ3n) is 12.0. The zero-order valence-electron chi connectivity index (χ0n) is 41.5. The Morgan fingerprint density at radius 3 is 1.18 bits per heavy atom. The van der Waals surface area contributed by atoms with Crippen molar-refractivity contribution < 1.29 is 56.3 Å². The van der Waals surface area contributed by atoms with Crippen LogP contribution in [-0.2, 0) is 33.5 Å². The number of aryl methyl sites for hydroxylation is 2. The van der Waals surface area contributed by atoms with Crippen LogP contribution in [0.25, 0.3) is 32.7 Å². The molecule has 0 unspecified atom stereocenters. The van der Waals surface area contributed by atoms with Gasteiger partial charge in [-0.2, -0.15) is 0 Å². The first-order valence-corrected chi connectivity index (χ1v) is 22.9. The number of nitrogens with zero attached hydrogens (tertiary/aromatic N) is 3. The van der Waals surface area contributed by atoms with Crippen LogP contribution in [0.3, 0.4) is 0 Å². The highest BCUT2D eigenvalue weighted by atomic mass is 19.1. The Balaban J connectivity index is 0.000000162. The summed E-state index contributed by atoms with van der Waals surface area (Å²) < 4.78 is 64.1. The molecule has 9 rings (SSSR count). The zero-order chi connectivity index (χ0) is 53.2. The number of hydrogen-bond acceptors (Lipinski definition) is 13. The number of fused-ring (bicyclic) bond motifs is 3. The lowest BCUT2D eigenvalue weighted by molar-refractivity contribution is 0.0588. The molecule has 6 aromatic carbocycles. The van der Waals surface area contributed by atoms with E-state index in [2.05, 4.69) is 19.7 Å². The molecule has 9 aromatic rings. The number of halogens is 3. The molecule has 0 spiro atoms. The highest BCUT2D eigenvalue weighted by Crippen LogP contribution is 2.36. The number of aromatic nitrogens is 3. The van der Waals surface area contributed by atoms with Gasteiger partial charge in [-0.3, -0.25) is 15.0 Å². The van der Waals surface area contributed by atoms with E-state index in [0.717, 1.165) is 55.3 Å². The maximum absolute atomic E-state index is 13.0. The number of rotatable bonds is 11. The van der Waals surface area contributed by atoms with E-state index in [4.69, 9.17) is 24.7 Å². The number of aromatic hydroxyl groups is 1. The molecule has 0 aliphatic heterocycles. The summed E-state index contributed by atoms with van der Waals surface area (Å²) in [4.78, 5) is 48.8. The summed E-state index contributed by atoms with van der Waals surface area (Å²) in [6, 6.07) is 29.7. The molecule has 0 amide bonds. The quantitative estimate of drug-likeness (QED) is 0.0710. The van der Waals surface area contributed by atoms with Crippen LogP contribution in [-0.4, -0.2) is 73.5 Å². The Labute approximate surface area is 424 Å². The Kier molecular flexibility index (Phi) is 16.7. The molecule has 74 heavy (non-hydrogen) atoms. The number of esters is 3. The molecular weight excluding hydrogens is 954 g/mol. The molecular formula is C58H51F3N4O9. The fourth-order valence-corrected chi connectivity index (χ4v) is 8.31. The number of anilines is 1. The third-order valence-corrected chi connectivity index (χ3v) is 12.0. The van der Waals surface area contributed by atoms with Crippen molar-refractivity contribution in [1.82, 2.24) is 15.0 Å². The van der Waals surface area contributed by atoms with Gasteiger partial charge in [0.15, 0.2) is 17.2 Å². The van der Waals surface area contributed by atoms with Crippen molar-refractivity contribution in [2.45, 2.75) is 33.1 Å². The van der Waals surface area contributed by atoms with Crippen molar-refractivity contribution >= 4 is 56.3 Å². The van der Waals surface area contributed by atoms with Crippen LogP contribution in [0.1, 0.15) is 75.6 Å². The summed E-state index contributed by atoms with van der Waals surface area (Å²) in [5.41, 5.74) is 16.1. The molecule has 0 aliphatic carbocycles. The first-order chi connectivity index (χ1) is 35.5. The van der Waals surface area contributed by atoms with Gasteiger partial charge in [-0.1, -0.05) is 36.4 Å². The summed E-state index contributed by atoms with van der Waals surface area (Å²) in [6.45, 7) is 3.76. The number of nitrogens with two attached hydrogens (primary N) is 1. The third kappa shape index (κ3) is 12.0. The van der Waals surface area contributed by atoms with E-state index >= 15 is 0 Å². The van der Waals surface area contributed by atoms with Gasteiger partial charge in [0, 0.05) is 40.4 Å². The maximum Gasteiger partial charge on any atom is 0.341 e. The SMILES string of the molecule is COC(=O)c1cc(C)c2cc(Cc3ccc(F)cc3)cnc2c1O.COC(=O)c1cc(C)c2cc(Cc3ccc(F)cc3)cnc2c1OC.COC(=O)c1cc(N)c2cc(Cc3ccc(F)cc3)cnc2c1OC. The summed E-state index contributed by atoms with van der Waals surface area (Å²) in [6.07, 6.45) is 6.91. The molecule has 3 aromatic heterocycles. The predicted molar refractivity (Wildman–Crippen MR) is 276 cm³/mol. The van der Waals surface area contributed by atoms with E-state index in [0.29, 0.717) is 63.9 Å². The minimum absolute atomic E-state index is 0.0984. The highest BCUT2D eigenvalue weighted by Gasteiger charge is 2.22. The van der Waals surface area contributed by atoms with Crippen molar-refractivity contribution in [3.8, 4) is 17.2 Å². The molecule has 0 saturated heterocycles. The molecule has 0 radical (unpaired) electrons. The number of carbonyl (C=O) groups excluding carboxylic acids is 3. The molecule has 0 atom stereocenters. The van der Waals surface area contributed by atoms with E-state index in [-0.39, 0.29) is 34.3 Å². The molecule has 378 valence electrons. The minimum Gasteiger partial charge on any atom is -0.505 e. The number of methoxy groups -OCH3 is 5. The standard InChI is InChI=1S/C20H18FNO3.C19H17FN2O3.C19H16FNO3/c1-12-8-17(20(23)25-3)19(24-2)18-16(12)10-14(11-22-18)9-13-4-6-15(21)7-5-13;1-24-18-15(19(23)25-2)9-16(21)14-8-12(10-22-17(14)18)7-11-3-5-13(20)6-4-11;1-11-7-16(19(23)24-2)18(22)17-15(11)9-13(10-21-17)8-12-3-5-14(20)6-4-12/h4-8,10-11H,9H2,1-3H3;3-6,8-10H,7,21H2,1-2H3;3-7,9-10,22H,8H2,1-2H3. The number of phenols is 1. The van der Waals surface area contributed by atoms with Crippen molar-refractivity contribution in [2.75, 3.05) is 41.3 Å². The maximum atomic E-state index is 13.0. The van der Waals surface area contributed by atoms with Crippen LogP contribution in [0, 0.1) is 31.3 Å². The van der Waals surface area contributed by atoms with E-state index in [1.54, 1.807) is 67.1 Å². The van der Waals surface area contributed by atoms with Gasteiger partial charge in [-0.15, -0.1) is 0 Å².